The van der Waals surface area contributed by atoms with Crippen molar-refractivity contribution in [3.05, 3.63) is 235 Å². The fourth-order valence-corrected chi connectivity index (χ4v) is 13.1. The van der Waals surface area contributed by atoms with E-state index in [1.807, 2.05) is 34.2 Å². The first-order chi connectivity index (χ1) is 54.1. The van der Waals surface area contributed by atoms with Crippen molar-refractivity contribution in [3.63, 3.8) is 0 Å². The Bertz CT molecular complexity index is 5400. The molecule has 0 bridgehead atoms. The van der Waals surface area contributed by atoms with E-state index in [0.717, 1.165) is 42.3 Å². The number of allylic oxidation sites excluding steroid dienone is 1. The number of imide groups is 6. The average molecular weight is 1660 g/mol. The molecule has 13 rings (SSSR count). The molecule has 12 amide bonds. The van der Waals surface area contributed by atoms with Crippen molar-refractivity contribution in [2.45, 2.75) is 160 Å². The van der Waals surface area contributed by atoms with Crippen LogP contribution >= 0.6 is 22.9 Å². The molecule has 13 heterocycles. The fraction of sp³-hybridized carbons (Fsp3) is 0.351. The third kappa shape index (κ3) is 25.8. The molecular weight excluding hydrogens is 1600 g/mol. The Labute approximate surface area is 647 Å². The van der Waals surface area contributed by atoms with Crippen LogP contribution in [0.4, 0.5) is 39.5 Å². The molecule has 0 aromatic carbocycles. The van der Waals surface area contributed by atoms with E-state index in [9.17, 15) is 126 Å². The van der Waals surface area contributed by atoms with Gasteiger partial charge in [0.25, 0.3) is 35.4 Å². The van der Waals surface area contributed by atoms with E-state index < -0.39 is 149 Å². The van der Waals surface area contributed by atoms with Crippen LogP contribution in [0.15, 0.2) is 122 Å². The highest BCUT2D eigenvalue weighted by Crippen LogP contribution is 2.30. The van der Waals surface area contributed by atoms with Crippen LogP contribution in [0, 0.1) is 0 Å². The maximum atomic E-state index is 12.2. The van der Waals surface area contributed by atoms with Gasteiger partial charge in [0.05, 0.1) is 71.9 Å². The molecule has 41 heteroatoms. The first kappa shape index (κ1) is 88.2. The molecule has 0 fully saturated rings. The number of carbonyl (C=O) groups excluding carboxylic acids is 12. The Balaban J connectivity index is 0.000000173. The van der Waals surface area contributed by atoms with Gasteiger partial charge in [-0.1, -0.05) is 12.1 Å². The SMILES string of the molecule is C=CCCCCc1cc(=O)oc2c1C(=O)NC(=O)C2.O=C1Cc2oc(=O)cc(CCC(F)(F)F)c2C(=O)N1.O=C1Cc2oc(=O)cc(CCCC(F)(F)F)c2C(=O)N1.O=C1Cc2oc(=O)cc(CCCCC(F)(F)F)c2C(=O)N1.O=C1Cc2oc(=O)cc(CCCCl)c2C(=O)N1.O=C1Cc2oc(=O)cc(Cc3cccs3)c2C(=O)N1. The second-order valence-electron chi connectivity index (χ2n) is 25.6. The standard InChI is InChI=1S/C14H15NO4.C13H12F3NO4.C13H9NO4S.C12H10F3NO4.C11H10ClNO4.C11H8F3NO4/c1-2-3-4-5-6-9-7-12(17)19-10-8-11(16)15-14(18)13(9)10;14-13(15,16)4-2-1-3-7-5-10(19)21-8-6-9(18)17-12(20)11(7)8;15-10-6-9-12(13(17)14-10)7(5-11(16)18-9)4-8-2-1-3-19-8;13-12(14,15)3-1-2-6-4-9(18)20-7-5-8(17)16-11(19)10(6)7;12-3-1-2-6-4-9(15)17-7-5-8(14)13-11(16)10(6)7;12-11(13,14)2-1-5-3-8(17)19-6-4-7(16)15-10(18)9(5)6/h2,7H,1,3-6,8H2,(H,15,16,18);5H,1-4,6H2,(H,17,18,20);1-3,5H,4,6H2,(H,14,15,17);4H,1-3,5H2,(H,16,17,19);4H,1-3,5H2,(H,13,14,16);3H,1-2,4H2,(H,15,16,18). The summed E-state index contributed by atoms with van der Waals surface area (Å²) in [6, 6.07) is 10.7. The molecule has 7 aromatic rings. The lowest BCUT2D eigenvalue weighted by Gasteiger charge is -2.17. The Kier molecular flexibility index (Phi) is 29.9. The monoisotopic (exact) mass is 1660 g/mol. The van der Waals surface area contributed by atoms with Gasteiger partial charge in [0, 0.05) is 72.8 Å². The van der Waals surface area contributed by atoms with Crippen molar-refractivity contribution in [2.24, 2.45) is 0 Å². The van der Waals surface area contributed by atoms with Crippen LogP contribution in [0.5, 0.6) is 0 Å². The van der Waals surface area contributed by atoms with Crippen LogP contribution in [0.25, 0.3) is 0 Å². The lowest BCUT2D eigenvalue weighted by molar-refractivity contribution is -0.136. The zero-order chi connectivity index (χ0) is 84.4. The Morgan fingerprint density at radius 3 is 0.887 bits per heavy atom. The minimum Gasteiger partial charge on any atom is -0.426 e. The molecule has 6 aliphatic rings. The van der Waals surface area contributed by atoms with Crippen LogP contribution in [0.3, 0.4) is 0 Å². The molecule has 30 nitrogen and oxygen atoms in total. The number of amides is 12. The smallest absolute Gasteiger partial charge is 0.389 e. The average Bonchev–Trinajstić information content (AvgIpc) is 1.62. The number of thiophene rings is 1. The first-order valence-corrected chi connectivity index (χ1v) is 36.0. The van der Waals surface area contributed by atoms with Crippen molar-refractivity contribution in [2.75, 3.05) is 5.88 Å². The van der Waals surface area contributed by atoms with Gasteiger partial charge in [-0.3, -0.25) is 89.4 Å². The number of halogens is 10. The molecule has 6 N–H and O–H groups in total. The Morgan fingerprint density at radius 1 is 0.348 bits per heavy atom. The number of hydrogen-bond donors (Lipinski definition) is 6. The minimum absolute atomic E-state index is 0.00799. The summed E-state index contributed by atoms with van der Waals surface area (Å²) in [6.07, 6.45) is -10.9. The highest BCUT2D eigenvalue weighted by molar-refractivity contribution is 7.09. The Hall–Kier alpha value is -12.4. The van der Waals surface area contributed by atoms with Gasteiger partial charge < -0.3 is 26.5 Å². The summed E-state index contributed by atoms with van der Waals surface area (Å²) in [7, 11) is 0. The van der Waals surface area contributed by atoms with Crippen LogP contribution < -0.4 is 65.7 Å². The van der Waals surface area contributed by atoms with Gasteiger partial charge in [0.1, 0.15) is 34.6 Å². The third-order valence-corrected chi connectivity index (χ3v) is 18.0. The first-order valence-electron chi connectivity index (χ1n) is 34.5. The number of alkyl halides is 10. The van der Waals surface area contributed by atoms with E-state index >= 15 is 0 Å². The molecule has 0 saturated carbocycles. The maximum Gasteiger partial charge on any atom is 0.389 e. The van der Waals surface area contributed by atoms with Crippen LogP contribution in [-0.2, 0) is 106 Å². The number of unbranched alkanes of at least 4 members (excludes halogenated alkanes) is 3. The fourth-order valence-electron chi connectivity index (χ4n) is 12.2. The molecular formula is C74H64ClF9N6O24S. The molecule has 0 spiro atoms. The summed E-state index contributed by atoms with van der Waals surface area (Å²) in [5.41, 5.74) is -0.832. The highest BCUT2D eigenvalue weighted by atomic mass is 35.5. The molecule has 0 aliphatic carbocycles. The number of rotatable bonds is 19. The van der Waals surface area contributed by atoms with Crippen molar-refractivity contribution < 1.29 is 124 Å². The zero-order valence-corrected chi connectivity index (χ0v) is 61.3. The molecule has 0 saturated heterocycles. The van der Waals surface area contributed by atoms with Crippen molar-refractivity contribution in [3.8, 4) is 0 Å². The van der Waals surface area contributed by atoms with E-state index in [2.05, 4.69) is 27.8 Å². The van der Waals surface area contributed by atoms with Gasteiger partial charge in [0.2, 0.25) is 35.4 Å². The summed E-state index contributed by atoms with van der Waals surface area (Å²) < 4.78 is 138. The quantitative estimate of drug-likeness (QED) is 0.0155. The van der Waals surface area contributed by atoms with E-state index in [0.29, 0.717) is 70.5 Å². The molecule has 7 aromatic heterocycles. The van der Waals surface area contributed by atoms with Gasteiger partial charge in [-0.15, -0.1) is 29.5 Å². The number of carbonyl (C=O) groups is 12. The van der Waals surface area contributed by atoms with E-state index in [-0.39, 0.29) is 133 Å². The van der Waals surface area contributed by atoms with Gasteiger partial charge in [-0.05, 0) is 122 Å². The number of aryl methyl sites for hydroxylation is 5. The van der Waals surface area contributed by atoms with Crippen molar-refractivity contribution >= 4 is 93.8 Å². The molecule has 0 radical (unpaired) electrons. The number of hydrogen-bond acceptors (Lipinski definition) is 25. The van der Waals surface area contributed by atoms with E-state index in [4.69, 9.17) is 38.1 Å². The molecule has 0 unspecified atom stereocenters. The van der Waals surface area contributed by atoms with Gasteiger partial charge in [0.15, 0.2) is 0 Å². The predicted molar refractivity (Wildman–Crippen MR) is 378 cm³/mol. The summed E-state index contributed by atoms with van der Waals surface area (Å²) in [5, 5.41) is 14.7. The lowest BCUT2D eigenvalue weighted by atomic mass is 9.97. The van der Waals surface area contributed by atoms with Crippen molar-refractivity contribution in [1.29, 1.82) is 0 Å². The number of fused-ring (bicyclic) bond motifs is 6. The number of nitrogens with one attached hydrogen (secondary N) is 6. The summed E-state index contributed by atoms with van der Waals surface area (Å²) >= 11 is 7.12. The summed E-state index contributed by atoms with van der Waals surface area (Å²) in [4.78, 5) is 207. The molecule has 610 valence electrons. The Morgan fingerprint density at radius 2 is 0.609 bits per heavy atom. The highest BCUT2D eigenvalue weighted by Gasteiger charge is 2.36. The maximum absolute atomic E-state index is 12.2. The largest absolute Gasteiger partial charge is 0.426 e. The predicted octanol–water partition coefficient (Wildman–Crippen LogP) is 7.09. The van der Waals surface area contributed by atoms with Gasteiger partial charge >= 0.3 is 52.3 Å². The van der Waals surface area contributed by atoms with Crippen molar-refractivity contribution in [1.82, 2.24) is 31.9 Å². The third-order valence-electron chi connectivity index (χ3n) is 16.9. The normalized spacial score (nSPS) is 14.6. The molecule has 115 heavy (non-hydrogen) atoms. The summed E-state index contributed by atoms with van der Waals surface area (Å²) in [5.74, 6) is -6.33. The van der Waals surface area contributed by atoms with Crippen LogP contribution in [0.2, 0.25) is 0 Å². The summed E-state index contributed by atoms with van der Waals surface area (Å²) in [6.45, 7) is 3.64. The minimum atomic E-state index is -4.40. The van der Waals surface area contributed by atoms with Crippen LogP contribution in [0.1, 0.15) is 199 Å². The van der Waals surface area contributed by atoms with E-state index in [1.54, 1.807) is 11.3 Å². The second kappa shape index (κ2) is 38.9. The van der Waals surface area contributed by atoms with E-state index in [1.165, 1.54) is 18.2 Å². The second-order valence-corrected chi connectivity index (χ2v) is 27.1. The molecule has 0 atom stereocenters. The van der Waals surface area contributed by atoms with Crippen LogP contribution in [-0.4, -0.2) is 95.3 Å². The lowest BCUT2D eigenvalue weighted by Crippen LogP contribution is -2.38. The topological polar surface area (TPSA) is 458 Å². The zero-order valence-electron chi connectivity index (χ0n) is 59.7. The van der Waals surface area contributed by atoms with Gasteiger partial charge in [-0.25, -0.2) is 28.8 Å². The molecule has 6 aliphatic heterocycles. The van der Waals surface area contributed by atoms with Gasteiger partial charge in [-0.2, -0.15) is 39.5 Å².